The molecule has 2 aromatic carbocycles. The Kier molecular flexibility index (Phi) is 8.23. The largest absolute Gasteiger partial charge is 0.491 e. The van der Waals surface area contributed by atoms with Gasteiger partial charge in [-0.15, -0.1) is 0 Å². The number of aliphatic hydroxyl groups excluding tert-OH is 1. The minimum atomic E-state index is -2.93. The molecule has 238 valence electrons. The van der Waals surface area contributed by atoms with Gasteiger partial charge in [-0.25, -0.2) is 0 Å². The number of aromatic nitrogens is 1. The minimum absolute atomic E-state index is 0.0464. The number of para-hydroxylation sites is 1. The van der Waals surface area contributed by atoms with Gasteiger partial charge in [0, 0.05) is 35.5 Å². The normalized spacial score (nSPS) is 26.1. The maximum Gasteiger partial charge on any atom is 0.297 e. The Morgan fingerprint density at radius 2 is 1.82 bits per heavy atom. The Bertz CT molecular complexity index is 1650. The average Bonchev–Trinajstić information content (AvgIpc) is 3.68. The summed E-state index contributed by atoms with van der Waals surface area (Å²) in [5.74, 6) is -0.459. The Morgan fingerprint density at radius 3 is 2.51 bits per heavy atom. The SMILES string of the molecule is COc1cccn(-c2ccc(CN3C(=O)[C@@]4(O[C@@H](CC(=O)N5CCC[C@H]5CO)[C@H]([Si](C)(C)O)[C@H]4C)c4ccccc43)cc2)c1=O. The number of carbonyl (C=O) groups is 2. The summed E-state index contributed by atoms with van der Waals surface area (Å²) in [5, 5.41) is 9.81. The lowest BCUT2D eigenvalue weighted by Crippen LogP contribution is -2.46. The van der Waals surface area contributed by atoms with Gasteiger partial charge in [-0.1, -0.05) is 37.3 Å². The van der Waals surface area contributed by atoms with Crippen LogP contribution in [0.1, 0.15) is 37.3 Å². The first-order chi connectivity index (χ1) is 21.5. The molecule has 0 bridgehead atoms. The van der Waals surface area contributed by atoms with E-state index in [0.29, 0.717) is 12.2 Å². The van der Waals surface area contributed by atoms with Crippen LogP contribution >= 0.6 is 0 Å². The number of likely N-dealkylation sites (tertiary alicyclic amines) is 1. The number of ether oxygens (including phenoxy) is 2. The predicted molar refractivity (Wildman–Crippen MR) is 172 cm³/mol. The fourth-order valence-electron chi connectivity index (χ4n) is 7.81. The van der Waals surface area contributed by atoms with Crippen molar-refractivity contribution in [3.63, 3.8) is 0 Å². The van der Waals surface area contributed by atoms with Crippen LogP contribution in [-0.4, -0.2) is 71.9 Å². The molecule has 6 rings (SSSR count). The van der Waals surface area contributed by atoms with E-state index in [1.807, 2.05) is 68.5 Å². The number of amides is 2. The van der Waals surface area contributed by atoms with Crippen molar-refractivity contribution in [1.29, 1.82) is 0 Å². The summed E-state index contributed by atoms with van der Waals surface area (Å²) in [7, 11) is -1.46. The van der Waals surface area contributed by atoms with Crippen LogP contribution in [0.2, 0.25) is 18.6 Å². The molecular weight excluding hydrogens is 590 g/mol. The van der Waals surface area contributed by atoms with Gasteiger partial charge in [0.25, 0.3) is 11.5 Å². The van der Waals surface area contributed by atoms with E-state index in [2.05, 4.69) is 0 Å². The second kappa shape index (κ2) is 11.9. The summed E-state index contributed by atoms with van der Waals surface area (Å²) in [4.78, 5) is 55.8. The molecule has 0 unspecified atom stereocenters. The summed E-state index contributed by atoms with van der Waals surface area (Å²) >= 11 is 0. The van der Waals surface area contributed by atoms with Crippen LogP contribution in [0.25, 0.3) is 5.69 Å². The van der Waals surface area contributed by atoms with Crippen molar-refractivity contribution in [2.45, 2.75) is 69.1 Å². The summed E-state index contributed by atoms with van der Waals surface area (Å²) in [6, 6.07) is 18.2. The molecule has 1 aromatic heterocycles. The van der Waals surface area contributed by atoms with E-state index in [4.69, 9.17) is 9.47 Å². The number of hydrogen-bond acceptors (Lipinski definition) is 7. The first-order valence-corrected chi connectivity index (χ1v) is 18.6. The lowest BCUT2D eigenvalue weighted by Gasteiger charge is -2.32. The zero-order valence-corrected chi connectivity index (χ0v) is 27.2. The third-order valence-corrected chi connectivity index (χ3v) is 12.4. The molecule has 11 heteroatoms. The monoisotopic (exact) mass is 631 g/mol. The van der Waals surface area contributed by atoms with Crippen LogP contribution in [0, 0.1) is 5.92 Å². The highest BCUT2D eigenvalue weighted by Crippen LogP contribution is 2.59. The van der Waals surface area contributed by atoms with Crippen molar-refractivity contribution in [1.82, 2.24) is 9.47 Å². The number of anilines is 1. The number of fused-ring (bicyclic) bond motifs is 2. The van der Waals surface area contributed by atoms with E-state index >= 15 is 0 Å². The summed E-state index contributed by atoms with van der Waals surface area (Å²) in [6.45, 7) is 6.44. The van der Waals surface area contributed by atoms with E-state index in [9.17, 15) is 24.3 Å². The predicted octanol–water partition coefficient (Wildman–Crippen LogP) is 3.56. The van der Waals surface area contributed by atoms with Crippen LogP contribution in [0.5, 0.6) is 5.75 Å². The zero-order chi connectivity index (χ0) is 32.1. The van der Waals surface area contributed by atoms with Crippen molar-refractivity contribution in [3.05, 3.63) is 88.3 Å². The lowest BCUT2D eigenvalue weighted by atomic mass is 9.82. The van der Waals surface area contributed by atoms with E-state index in [0.717, 1.165) is 29.7 Å². The van der Waals surface area contributed by atoms with Gasteiger partial charge in [0.15, 0.2) is 19.7 Å². The molecule has 3 aromatic rings. The number of benzene rings is 2. The van der Waals surface area contributed by atoms with Gasteiger partial charge >= 0.3 is 0 Å². The van der Waals surface area contributed by atoms with Crippen LogP contribution in [0.15, 0.2) is 71.7 Å². The third-order valence-electron chi connectivity index (χ3n) is 9.86. The first-order valence-electron chi connectivity index (χ1n) is 15.6. The van der Waals surface area contributed by atoms with E-state index in [-0.39, 0.29) is 60.2 Å². The second-order valence-corrected chi connectivity index (χ2v) is 16.9. The van der Waals surface area contributed by atoms with Crippen molar-refractivity contribution in [2.75, 3.05) is 25.2 Å². The van der Waals surface area contributed by atoms with E-state index < -0.39 is 20.0 Å². The maximum atomic E-state index is 14.6. The smallest absolute Gasteiger partial charge is 0.297 e. The second-order valence-electron chi connectivity index (χ2n) is 13.0. The average molecular weight is 632 g/mol. The quantitative estimate of drug-likeness (QED) is 0.365. The van der Waals surface area contributed by atoms with Crippen molar-refractivity contribution < 1.29 is 29.0 Å². The number of hydrogen-bond donors (Lipinski definition) is 2. The molecule has 3 aliphatic heterocycles. The Balaban J connectivity index is 1.31. The number of nitrogens with zero attached hydrogens (tertiary/aromatic N) is 3. The minimum Gasteiger partial charge on any atom is -0.491 e. The fourth-order valence-corrected chi connectivity index (χ4v) is 10.4. The van der Waals surface area contributed by atoms with Crippen LogP contribution in [-0.2, 0) is 26.5 Å². The van der Waals surface area contributed by atoms with E-state index in [1.165, 1.54) is 11.7 Å². The molecule has 45 heavy (non-hydrogen) atoms. The molecule has 0 saturated carbocycles. The van der Waals surface area contributed by atoms with Crippen LogP contribution in [0.3, 0.4) is 0 Å². The van der Waals surface area contributed by atoms with Crippen molar-refractivity contribution >= 4 is 25.8 Å². The number of rotatable bonds is 8. The van der Waals surface area contributed by atoms with Gasteiger partial charge in [-0.2, -0.15) is 0 Å². The highest BCUT2D eigenvalue weighted by atomic mass is 28.4. The third kappa shape index (κ3) is 5.21. The molecular formula is C34H41N3O7Si. The summed E-state index contributed by atoms with van der Waals surface area (Å²) in [6.07, 6.45) is 2.68. The number of aliphatic hydroxyl groups is 1. The molecule has 5 atom stereocenters. The molecule has 0 aliphatic carbocycles. The first kappa shape index (κ1) is 31.2. The lowest BCUT2D eigenvalue weighted by molar-refractivity contribution is -0.150. The summed E-state index contributed by atoms with van der Waals surface area (Å²) in [5.41, 5.74) is 1.06. The van der Waals surface area contributed by atoms with Crippen molar-refractivity contribution in [3.8, 4) is 11.4 Å². The van der Waals surface area contributed by atoms with Gasteiger partial charge in [0.2, 0.25) is 5.91 Å². The molecule has 1 spiro atoms. The number of carbonyl (C=O) groups excluding carboxylic acids is 2. The molecule has 2 saturated heterocycles. The van der Waals surface area contributed by atoms with Gasteiger partial charge in [-0.3, -0.25) is 19.0 Å². The molecule has 2 amide bonds. The molecule has 3 aliphatic rings. The molecule has 0 radical (unpaired) electrons. The Morgan fingerprint density at radius 1 is 1.09 bits per heavy atom. The molecule has 2 N–H and O–H groups in total. The summed E-state index contributed by atoms with van der Waals surface area (Å²) < 4.78 is 13.5. The van der Waals surface area contributed by atoms with Crippen molar-refractivity contribution in [2.24, 2.45) is 5.92 Å². The Hall–Kier alpha value is -3.77. The Labute approximate surface area is 263 Å². The maximum absolute atomic E-state index is 14.6. The van der Waals surface area contributed by atoms with Gasteiger partial charge < -0.3 is 29.2 Å². The highest BCUT2D eigenvalue weighted by Gasteiger charge is 2.66. The molecule has 10 nitrogen and oxygen atoms in total. The number of pyridine rings is 1. The fraction of sp³-hybridized carbons (Fsp3) is 0.441. The highest BCUT2D eigenvalue weighted by molar-refractivity contribution is 6.71. The molecule has 4 heterocycles. The van der Waals surface area contributed by atoms with Crippen LogP contribution in [0.4, 0.5) is 5.69 Å². The van der Waals surface area contributed by atoms with Gasteiger partial charge in [0.05, 0.1) is 44.5 Å². The standard InChI is InChI=1S/C34H41N3O7Si/c1-22-31(45(3,4)42)29(19-30(39)35-17-7-9-25(35)21-38)44-34(22)26-10-5-6-11-27(26)37(33(34)41)20-23-13-15-24(16-14-23)36-18-8-12-28(43-2)32(36)40/h5-6,8,10-16,18,22,25,29,31,38,42H,7,9,17,19-21H2,1-4H3/t22-,25+,29+,31-,34+/m1/s1. The van der Waals surface area contributed by atoms with Gasteiger partial charge in [-0.05, 0) is 61.8 Å². The molecule has 2 fully saturated rings. The van der Waals surface area contributed by atoms with Crippen LogP contribution < -0.4 is 15.2 Å². The van der Waals surface area contributed by atoms with Gasteiger partial charge in [0.1, 0.15) is 0 Å². The number of methoxy groups -OCH3 is 1. The van der Waals surface area contributed by atoms with E-state index in [1.54, 1.807) is 28.1 Å². The topological polar surface area (TPSA) is 122 Å². The zero-order valence-electron chi connectivity index (χ0n) is 26.2.